The van der Waals surface area contributed by atoms with Crippen molar-refractivity contribution >= 4 is 16.6 Å². The maximum atomic E-state index is 9.06. The molecule has 0 atom stereocenters. The fourth-order valence-electron chi connectivity index (χ4n) is 1.92. The molecule has 0 saturated heterocycles. The van der Waals surface area contributed by atoms with E-state index in [4.69, 9.17) is 5.26 Å². The first-order valence-electron chi connectivity index (χ1n) is 5.68. The summed E-state index contributed by atoms with van der Waals surface area (Å²) in [5, 5.41) is 13.2. The van der Waals surface area contributed by atoms with E-state index in [2.05, 4.69) is 42.4 Å². The Morgan fingerprint density at radius 2 is 2.12 bits per heavy atom. The first kappa shape index (κ1) is 11.4. The van der Waals surface area contributed by atoms with Gasteiger partial charge in [-0.3, -0.25) is 4.98 Å². The molecule has 0 aliphatic carbocycles. The predicted octanol–water partition coefficient (Wildman–Crippen LogP) is 3.27. The quantitative estimate of drug-likeness (QED) is 0.853. The molecule has 0 bridgehead atoms. The number of hydrogen-bond acceptors (Lipinski definition) is 3. The van der Waals surface area contributed by atoms with Crippen LogP contribution in [0.2, 0.25) is 0 Å². The molecule has 86 valence electrons. The number of fused-ring (bicyclic) bond motifs is 1. The molecule has 0 saturated carbocycles. The van der Waals surface area contributed by atoms with Crippen molar-refractivity contribution in [1.29, 1.82) is 5.26 Å². The van der Waals surface area contributed by atoms with Crippen LogP contribution in [0.5, 0.6) is 0 Å². The van der Waals surface area contributed by atoms with Crippen LogP contribution >= 0.6 is 0 Å². The van der Waals surface area contributed by atoms with E-state index >= 15 is 0 Å². The maximum Gasteiger partial charge on any atom is 0.103 e. The molecule has 0 amide bonds. The molecule has 2 rings (SSSR count). The largest absolute Gasteiger partial charge is 0.386 e. The number of rotatable bonds is 2. The van der Waals surface area contributed by atoms with Gasteiger partial charge in [0.25, 0.3) is 0 Å². The highest BCUT2D eigenvalue weighted by molar-refractivity contribution is 5.94. The lowest BCUT2D eigenvalue weighted by Gasteiger charge is -2.11. The monoisotopic (exact) mass is 225 g/mol. The first-order valence-corrected chi connectivity index (χ1v) is 5.68. The Bertz CT molecular complexity index is 594. The van der Waals surface area contributed by atoms with Crippen molar-refractivity contribution in [3.05, 3.63) is 35.5 Å². The Hall–Kier alpha value is -2.08. The molecule has 17 heavy (non-hydrogen) atoms. The van der Waals surface area contributed by atoms with Gasteiger partial charge in [-0.15, -0.1) is 0 Å². The Morgan fingerprint density at radius 1 is 1.35 bits per heavy atom. The normalized spacial score (nSPS) is 10.5. The van der Waals surface area contributed by atoms with E-state index in [1.54, 1.807) is 6.20 Å². The molecule has 2 aromatic rings. The van der Waals surface area contributed by atoms with Gasteiger partial charge in [-0.25, -0.2) is 0 Å². The summed E-state index contributed by atoms with van der Waals surface area (Å²) in [7, 11) is 1.83. The summed E-state index contributed by atoms with van der Waals surface area (Å²) in [6, 6.07) is 8.37. The molecule has 3 heteroatoms. The van der Waals surface area contributed by atoms with Crippen LogP contribution in [0, 0.1) is 11.3 Å². The number of nitriles is 1. The third-order valence-electron chi connectivity index (χ3n) is 2.93. The number of pyridine rings is 1. The van der Waals surface area contributed by atoms with Crippen molar-refractivity contribution in [2.45, 2.75) is 19.8 Å². The van der Waals surface area contributed by atoms with E-state index in [0.717, 1.165) is 16.6 Å². The lowest BCUT2D eigenvalue weighted by atomic mass is 9.99. The van der Waals surface area contributed by atoms with Gasteiger partial charge in [-0.05, 0) is 23.6 Å². The van der Waals surface area contributed by atoms with Gasteiger partial charge in [0.15, 0.2) is 0 Å². The van der Waals surface area contributed by atoms with Crippen LogP contribution in [0.1, 0.15) is 30.9 Å². The number of nitrogens with one attached hydrogen (secondary N) is 1. The zero-order valence-electron chi connectivity index (χ0n) is 10.3. The number of hydrogen-bond donors (Lipinski definition) is 1. The molecule has 0 radical (unpaired) electrons. The number of nitrogens with zero attached hydrogens (tertiary/aromatic N) is 2. The summed E-state index contributed by atoms with van der Waals surface area (Å²) >= 11 is 0. The Labute approximate surface area is 101 Å². The second kappa shape index (κ2) is 4.42. The number of anilines is 1. The van der Waals surface area contributed by atoms with Crippen LogP contribution in [-0.4, -0.2) is 12.0 Å². The fourth-order valence-corrected chi connectivity index (χ4v) is 1.92. The maximum absolute atomic E-state index is 9.06. The van der Waals surface area contributed by atoms with Crippen molar-refractivity contribution in [1.82, 2.24) is 4.98 Å². The van der Waals surface area contributed by atoms with Gasteiger partial charge in [0.2, 0.25) is 0 Å². The fraction of sp³-hybridized carbons (Fsp3) is 0.286. The summed E-state index contributed by atoms with van der Waals surface area (Å²) in [5.74, 6) is 0.467. The highest BCUT2D eigenvalue weighted by Crippen LogP contribution is 2.28. The minimum absolute atomic E-state index is 0.467. The predicted molar refractivity (Wildman–Crippen MR) is 70.1 cm³/mol. The van der Waals surface area contributed by atoms with Gasteiger partial charge in [0, 0.05) is 18.6 Å². The highest BCUT2D eigenvalue weighted by atomic mass is 14.8. The average Bonchev–Trinajstić information content (AvgIpc) is 2.36. The molecule has 1 heterocycles. The zero-order valence-corrected chi connectivity index (χ0v) is 10.3. The second-order valence-electron chi connectivity index (χ2n) is 4.34. The lowest BCUT2D eigenvalue weighted by molar-refractivity contribution is 0.868. The summed E-state index contributed by atoms with van der Waals surface area (Å²) in [6.07, 6.45) is 1.61. The van der Waals surface area contributed by atoms with Gasteiger partial charge in [-0.1, -0.05) is 19.9 Å². The van der Waals surface area contributed by atoms with E-state index < -0.39 is 0 Å². The highest BCUT2D eigenvalue weighted by Gasteiger charge is 2.09. The molecular formula is C14H15N3. The topological polar surface area (TPSA) is 48.7 Å². The van der Waals surface area contributed by atoms with Gasteiger partial charge >= 0.3 is 0 Å². The van der Waals surface area contributed by atoms with Crippen LogP contribution in [0.15, 0.2) is 24.4 Å². The van der Waals surface area contributed by atoms with Crippen molar-refractivity contribution in [2.24, 2.45) is 0 Å². The average molecular weight is 225 g/mol. The first-order chi connectivity index (χ1) is 8.17. The molecule has 3 nitrogen and oxygen atoms in total. The van der Waals surface area contributed by atoms with Crippen LogP contribution in [-0.2, 0) is 0 Å². The van der Waals surface area contributed by atoms with Gasteiger partial charge < -0.3 is 5.32 Å². The number of benzene rings is 1. The summed E-state index contributed by atoms with van der Waals surface area (Å²) in [6.45, 7) is 4.31. The van der Waals surface area contributed by atoms with Crippen molar-refractivity contribution in [3.8, 4) is 6.07 Å². The summed E-state index contributed by atoms with van der Waals surface area (Å²) in [4.78, 5) is 4.30. The van der Waals surface area contributed by atoms with Crippen LogP contribution in [0.4, 0.5) is 5.69 Å². The molecule has 0 aliphatic heterocycles. The van der Waals surface area contributed by atoms with Crippen molar-refractivity contribution < 1.29 is 0 Å². The standard InChI is InChI=1S/C14H15N3/c1-9(2)10-4-5-13-12(6-10)14(16-3)11(7-15)8-17-13/h4-6,8-9H,1-3H3,(H,16,17). The molecule has 1 aromatic heterocycles. The molecular weight excluding hydrogens is 210 g/mol. The molecule has 0 aliphatic rings. The van der Waals surface area contributed by atoms with Gasteiger partial charge in [0.1, 0.15) is 6.07 Å². The van der Waals surface area contributed by atoms with Gasteiger partial charge in [-0.2, -0.15) is 5.26 Å². The van der Waals surface area contributed by atoms with E-state index in [9.17, 15) is 0 Å². The van der Waals surface area contributed by atoms with E-state index in [1.165, 1.54) is 5.56 Å². The third-order valence-corrected chi connectivity index (χ3v) is 2.93. The molecule has 1 aromatic carbocycles. The van der Waals surface area contributed by atoms with Crippen LogP contribution < -0.4 is 5.32 Å². The summed E-state index contributed by atoms with van der Waals surface area (Å²) in [5.41, 5.74) is 3.62. The molecule has 0 unspecified atom stereocenters. The zero-order chi connectivity index (χ0) is 12.4. The minimum atomic E-state index is 0.467. The minimum Gasteiger partial charge on any atom is -0.386 e. The van der Waals surface area contributed by atoms with Crippen molar-refractivity contribution in [3.63, 3.8) is 0 Å². The lowest BCUT2D eigenvalue weighted by Crippen LogP contribution is -1.97. The number of aromatic nitrogens is 1. The Morgan fingerprint density at radius 3 is 2.71 bits per heavy atom. The van der Waals surface area contributed by atoms with Gasteiger partial charge in [0.05, 0.1) is 16.8 Å². The van der Waals surface area contributed by atoms with Crippen LogP contribution in [0.25, 0.3) is 10.9 Å². The smallest absolute Gasteiger partial charge is 0.103 e. The molecule has 0 fully saturated rings. The SMILES string of the molecule is CNc1c(C#N)cnc2ccc(C(C)C)cc12. The van der Waals surface area contributed by atoms with E-state index in [0.29, 0.717) is 11.5 Å². The van der Waals surface area contributed by atoms with Crippen LogP contribution in [0.3, 0.4) is 0 Å². The Balaban J connectivity index is 2.77. The second-order valence-corrected chi connectivity index (χ2v) is 4.34. The van der Waals surface area contributed by atoms with E-state index in [1.807, 2.05) is 13.1 Å². The van der Waals surface area contributed by atoms with Crippen molar-refractivity contribution in [2.75, 3.05) is 12.4 Å². The Kier molecular flexibility index (Phi) is 2.97. The third kappa shape index (κ3) is 1.94. The molecule has 0 spiro atoms. The van der Waals surface area contributed by atoms with E-state index in [-0.39, 0.29) is 0 Å². The molecule has 1 N–H and O–H groups in total. The summed E-state index contributed by atoms with van der Waals surface area (Å²) < 4.78 is 0.